The Kier molecular flexibility index (Phi) is 4.81. The van der Waals surface area contributed by atoms with Gasteiger partial charge in [-0.1, -0.05) is 0 Å². The van der Waals surface area contributed by atoms with E-state index in [9.17, 15) is 17.6 Å². The third kappa shape index (κ3) is 5.03. The smallest absolute Gasteiger partial charge is 0.485 e. The summed E-state index contributed by atoms with van der Waals surface area (Å²) in [5.74, 6) is -0.215. The van der Waals surface area contributed by atoms with Gasteiger partial charge in [-0.25, -0.2) is 8.42 Å². The molecule has 1 rings (SSSR count). The lowest BCUT2D eigenvalue weighted by Gasteiger charge is -2.08. The highest BCUT2D eigenvalue weighted by atomic mass is 32.2. The molecule has 0 aliphatic carbocycles. The first-order valence-corrected chi connectivity index (χ1v) is 5.09. The Balaban J connectivity index is 0.000000281. The van der Waals surface area contributed by atoms with E-state index in [2.05, 4.69) is 0 Å². The summed E-state index contributed by atoms with van der Waals surface area (Å²) < 4.78 is 72.6. The largest absolute Gasteiger partial charge is 0.741 e. The number of alkyl halides is 3. The van der Waals surface area contributed by atoms with Crippen molar-refractivity contribution >= 4 is 10.1 Å². The minimum atomic E-state index is -6.09. The van der Waals surface area contributed by atoms with E-state index in [0.29, 0.717) is 0 Å². The van der Waals surface area contributed by atoms with Gasteiger partial charge in [-0.15, -0.1) is 4.39 Å². The lowest BCUT2D eigenvalue weighted by molar-refractivity contribution is -0.700. The molecule has 0 aliphatic rings. The van der Waals surface area contributed by atoms with Crippen molar-refractivity contribution in [1.82, 2.24) is 0 Å². The predicted molar refractivity (Wildman–Crippen MR) is 43.3 cm³/mol. The van der Waals surface area contributed by atoms with Gasteiger partial charge >= 0.3 is 11.5 Å². The standard InChI is InChI=1S/C6H7FN.CHF3O3S/c1-8-5-3-2-4-6(8)7;2-1(3,4)8(5,6)7/h2-5H,1H3;(H,5,6,7)/q+1;/p-1. The van der Waals surface area contributed by atoms with E-state index in [0.717, 1.165) is 0 Å². The van der Waals surface area contributed by atoms with Crippen LogP contribution in [0.4, 0.5) is 17.6 Å². The molecule has 1 heterocycles. The average Bonchev–Trinajstić information content (AvgIpc) is 2.08. The number of aryl methyl sites for hydroxylation is 1. The Hall–Kier alpha value is -1.22. The van der Waals surface area contributed by atoms with Crippen LogP contribution in [0.25, 0.3) is 0 Å². The molecule has 9 heteroatoms. The highest BCUT2D eigenvalue weighted by molar-refractivity contribution is 7.86. The number of hydrogen-bond acceptors (Lipinski definition) is 3. The summed E-state index contributed by atoms with van der Waals surface area (Å²) in [7, 11) is -4.43. The summed E-state index contributed by atoms with van der Waals surface area (Å²) in [6.45, 7) is 0. The molecule has 0 unspecified atom stereocenters. The molecule has 0 amide bonds. The average molecular weight is 261 g/mol. The SMILES string of the molecule is C[n+]1ccccc1F.O=S(=O)([O-])C(F)(F)F. The molecule has 0 saturated carbocycles. The maximum Gasteiger partial charge on any atom is 0.485 e. The van der Waals surface area contributed by atoms with Crippen LogP contribution in [-0.4, -0.2) is 18.5 Å². The Labute approximate surface area is 88.9 Å². The molecule has 0 N–H and O–H groups in total. The van der Waals surface area contributed by atoms with Crippen molar-refractivity contribution in [3.63, 3.8) is 0 Å². The normalized spacial score (nSPS) is 11.6. The quantitative estimate of drug-likeness (QED) is 0.227. The van der Waals surface area contributed by atoms with Crippen LogP contribution >= 0.6 is 0 Å². The zero-order valence-electron chi connectivity index (χ0n) is 7.90. The zero-order valence-corrected chi connectivity index (χ0v) is 8.72. The van der Waals surface area contributed by atoms with Crippen LogP contribution in [0.3, 0.4) is 0 Å². The molecule has 0 bridgehead atoms. The van der Waals surface area contributed by atoms with E-state index in [4.69, 9.17) is 13.0 Å². The molecular weight excluding hydrogens is 254 g/mol. The van der Waals surface area contributed by atoms with Gasteiger partial charge in [-0.05, 0) is 6.07 Å². The molecule has 0 aliphatic heterocycles. The topological polar surface area (TPSA) is 61.1 Å². The van der Waals surface area contributed by atoms with Gasteiger partial charge in [0, 0.05) is 12.1 Å². The zero-order chi connectivity index (χ0) is 13.0. The van der Waals surface area contributed by atoms with Crippen LogP contribution in [-0.2, 0) is 17.2 Å². The molecule has 16 heavy (non-hydrogen) atoms. The van der Waals surface area contributed by atoms with Crippen molar-refractivity contribution in [3.8, 4) is 0 Å². The molecular formula is C7H7F4NO3S. The van der Waals surface area contributed by atoms with Crippen LogP contribution in [0.1, 0.15) is 0 Å². The van der Waals surface area contributed by atoms with Gasteiger partial charge in [0.15, 0.2) is 16.3 Å². The molecule has 0 atom stereocenters. The minimum Gasteiger partial charge on any atom is -0.741 e. The van der Waals surface area contributed by atoms with E-state index >= 15 is 0 Å². The van der Waals surface area contributed by atoms with Crippen LogP contribution < -0.4 is 4.57 Å². The fourth-order valence-electron chi connectivity index (χ4n) is 0.503. The molecule has 0 spiro atoms. The summed E-state index contributed by atoms with van der Waals surface area (Å²) >= 11 is 0. The van der Waals surface area contributed by atoms with Gasteiger partial charge in [0.1, 0.15) is 7.05 Å². The molecule has 1 aromatic heterocycles. The van der Waals surface area contributed by atoms with Crippen molar-refractivity contribution in [3.05, 3.63) is 30.3 Å². The van der Waals surface area contributed by atoms with Crippen molar-refractivity contribution in [1.29, 1.82) is 0 Å². The van der Waals surface area contributed by atoms with Crippen molar-refractivity contribution < 1.29 is 35.1 Å². The Morgan fingerprint density at radius 1 is 1.31 bits per heavy atom. The van der Waals surface area contributed by atoms with E-state index in [1.54, 1.807) is 25.4 Å². The van der Waals surface area contributed by atoms with Crippen LogP contribution in [0.5, 0.6) is 0 Å². The minimum absolute atomic E-state index is 0.215. The van der Waals surface area contributed by atoms with Crippen LogP contribution in [0.15, 0.2) is 24.4 Å². The fraction of sp³-hybridized carbons (Fsp3) is 0.286. The number of halogens is 4. The molecule has 1 aromatic rings. The first kappa shape index (κ1) is 14.8. The third-order valence-corrected chi connectivity index (χ3v) is 1.84. The van der Waals surface area contributed by atoms with Crippen LogP contribution in [0, 0.1) is 5.95 Å². The number of aromatic nitrogens is 1. The number of nitrogens with zero attached hydrogens (tertiary/aromatic N) is 1. The number of hydrogen-bond donors (Lipinski definition) is 0. The van der Waals surface area contributed by atoms with Crippen molar-refractivity contribution in [2.45, 2.75) is 5.51 Å². The molecule has 0 saturated heterocycles. The highest BCUT2D eigenvalue weighted by Gasteiger charge is 2.36. The summed E-state index contributed by atoms with van der Waals surface area (Å²) in [5, 5.41) is 0. The molecule has 0 fully saturated rings. The second-order valence-corrected chi connectivity index (χ2v) is 3.91. The van der Waals surface area contributed by atoms with Gasteiger partial charge in [-0.2, -0.15) is 17.7 Å². The first-order valence-electron chi connectivity index (χ1n) is 3.68. The van der Waals surface area contributed by atoms with E-state index in [1.165, 1.54) is 10.6 Å². The van der Waals surface area contributed by atoms with Crippen LogP contribution in [0.2, 0.25) is 0 Å². The lowest BCUT2D eigenvalue weighted by atomic mass is 10.5. The maximum absolute atomic E-state index is 12.3. The second-order valence-electron chi connectivity index (χ2n) is 2.53. The Morgan fingerprint density at radius 3 is 1.94 bits per heavy atom. The fourth-order valence-corrected chi connectivity index (χ4v) is 0.503. The van der Waals surface area contributed by atoms with E-state index in [-0.39, 0.29) is 5.95 Å². The maximum atomic E-state index is 12.3. The van der Waals surface area contributed by atoms with Crippen molar-refractivity contribution in [2.75, 3.05) is 0 Å². The number of rotatable bonds is 0. The van der Waals surface area contributed by atoms with Gasteiger partial charge in [0.25, 0.3) is 0 Å². The summed E-state index contributed by atoms with van der Waals surface area (Å²) in [6.07, 6.45) is 1.66. The molecule has 0 aromatic carbocycles. The molecule has 0 radical (unpaired) electrons. The third-order valence-electron chi connectivity index (χ3n) is 1.27. The van der Waals surface area contributed by atoms with E-state index < -0.39 is 15.6 Å². The van der Waals surface area contributed by atoms with E-state index in [1.807, 2.05) is 0 Å². The molecule has 92 valence electrons. The predicted octanol–water partition coefficient (Wildman–Crippen LogP) is 0.702. The summed E-state index contributed by atoms with van der Waals surface area (Å²) in [5.41, 5.74) is -5.65. The monoisotopic (exact) mass is 261 g/mol. The first-order chi connectivity index (χ1) is 7.05. The highest BCUT2D eigenvalue weighted by Crippen LogP contribution is 2.20. The second kappa shape index (κ2) is 5.21. The van der Waals surface area contributed by atoms with Crippen molar-refractivity contribution in [2.24, 2.45) is 7.05 Å². The van der Waals surface area contributed by atoms with Gasteiger partial charge in [0.05, 0.1) is 0 Å². The Bertz CT molecular complexity index is 422. The number of pyridine rings is 1. The van der Waals surface area contributed by atoms with Gasteiger partial charge in [0.2, 0.25) is 0 Å². The summed E-state index contributed by atoms with van der Waals surface area (Å²) in [6, 6.07) is 4.86. The van der Waals surface area contributed by atoms with Gasteiger partial charge in [-0.3, -0.25) is 0 Å². The molecule has 4 nitrogen and oxygen atoms in total. The lowest BCUT2D eigenvalue weighted by Crippen LogP contribution is -2.31. The van der Waals surface area contributed by atoms with Gasteiger partial charge < -0.3 is 4.55 Å². The Morgan fingerprint density at radius 2 is 1.75 bits per heavy atom. The summed E-state index contributed by atoms with van der Waals surface area (Å²) in [4.78, 5) is 0.